The number of allylic oxidation sites excluding steroid dienone is 2. The molecule has 0 saturated carbocycles. The fourth-order valence-corrected chi connectivity index (χ4v) is 8.58. The van der Waals surface area contributed by atoms with Crippen LogP contribution in [0.15, 0.2) is 35.9 Å². The van der Waals surface area contributed by atoms with Gasteiger partial charge >= 0.3 is 75.6 Å². The number of aryl methyl sites for hydroxylation is 4. The van der Waals surface area contributed by atoms with Crippen LogP contribution >= 0.6 is 0 Å². The summed E-state index contributed by atoms with van der Waals surface area (Å²) in [7, 11) is 0. The van der Waals surface area contributed by atoms with E-state index in [1.54, 1.807) is 15.8 Å². The van der Waals surface area contributed by atoms with Crippen LogP contribution in [0, 0.1) is 0 Å². The van der Waals surface area contributed by atoms with Crippen LogP contribution in [0.4, 0.5) is 0 Å². The van der Waals surface area contributed by atoms with E-state index in [4.69, 9.17) is 7.76 Å². The van der Waals surface area contributed by atoms with Crippen LogP contribution in [0.3, 0.4) is 0 Å². The molecule has 2 aromatic carbocycles. The average molecular weight is 858 g/mol. The Morgan fingerprint density at radius 3 is 1.19 bits per heavy atom. The molecule has 0 atom stereocenters. The summed E-state index contributed by atoms with van der Waals surface area (Å²) >= 11 is 0.968. The number of benzene rings is 2. The normalized spacial score (nSPS) is 12.8. The molecule has 0 bridgehead atoms. The summed E-state index contributed by atoms with van der Waals surface area (Å²) in [5.74, 6) is 0. The molecule has 338 valence electrons. The van der Waals surface area contributed by atoms with E-state index in [1.165, 1.54) is 167 Å². The monoisotopic (exact) mass is 857 g/mol. The predicted octanol–water partition coefficient (Wildman–Crippen LogP) is 17.0. The van der Waals surface area contributed by atoms with Gasteiger partial charge in [-0.15, -0.1) is 0 Å². The molecule has 0 amide bonds. The summed E-state index contributed by atoms with van der Waals surface area (Å²) in [6.45, 7) is 22.1. The minimum atomic E-state index is 0.808. The van der Waals surface area contributed by atoms with Gasteiger partial charge in [-0.05, 0) is 148 Å². The van der Waals surface area contributed by atoms with E-state index in [0.29, 0.717) is 0 Å². The Morgan fingerprint density at radius 2 is 0.797 bits per heavy atom. The van der Waals surface area contributed by atoms with Gasteiger partial charge in [0.2, 0.25) is 11.4 Å². The van der Waals surface area contributed by atoms with Gasteiger partial charge in [0.1, 0.15) is 0 Å². The molecule has 1 aliphatic rings. The zero-order valence-corrected chi connectivity index (χ0v) is 40.9. The molecule has 0 N–H and O–H groups in total. The first kappa shape index (κ1) is 53.1. The summed E-state index contributed by atoms with van der Waals surface area (Å²) in [5.41, 5.74) is 27.4. The molecule has 0 saturated heterocycles. The van der Waals surface area contributed by atoms with Crippen molar-refractivity contribution in [2.75, 3.05) is 13.2 Å². The van der Waals surface area contributed by atoms with Crippen molar-refractivity contribution in [3.8, 4) is 0 Å². The van der Waals surface area contributed by atoms with Crippen LogP contribution < -0.4 is 0 Å². The first-order chi connectivity index (χ1) is 28.9. The van der Waals surface area contributed by atoms with E-state index in [2.05, 4.69) is 92.7 Å². The summed E-state index contributed by atoms with van der Waals surface area (Å²) < 4.78 is 11.9. The van der Waals surface area contributed by atoms with Crippen molar-refractivity contribution in [2.45, 2.75) is 236 Å². The fourth-order valence-electron chi connectivity index (χ4n) is 8.05. The van der Waals surface area contributed by atoms with E-state index in [9.17, 15) is 5.53 Å². The van der Waals surface area contributed by atoms with Gasteiger partial charge in [-0.1, -0.05) is 106 Å². The Hall–Kier alpha value is -2.07. The Balaban J connectivity index is 0.000000951. The van der Waals surface area contributed by atoms with Crippen LogP contribution in [-0.4, -0.2) is 17.9 Å². The van der Waals surface area contributed by atoms with Gasteiger partial charge in [-0.2, -0.15) is 0 Å². The fraction of sp³-hybridized carbons (Fsp3) is 0.704. The second kappa shape index (κ2) is 33.5. The summed E-state index contributed by atoms with van der Waals surface area (Å²) in [4.78, 5) is 0. The average Bonchev–Trinajstić information content (AvgIpc) is 3.58. The van der Waals surface area contributed by atoms with Crippen LogP contribution in [0.5, 0.6) is 0 Å². The van der Waals surface area contributed by atoms with Gasteiger partial charge in [0, 0.05) is 22.8 Å². The second-order valence-electron chi connectivity index (χ2n) is 17.0. The molecule has 0 fully saturated rings. The predicted molar refractivity (Wildman–Crippen MR) is 254 cm³/mol. The SMILES string of the molecule is CCCCCCC1=C(c2cc(CCCC)c(CCCC)c(CCCC)c2)[N+](=[N-])C(c2cc(CCCC)c(CCCC)c(CCCC)c2)=C1.CCCC[O][Ni][O]CCCC. The molecule has 2 aromatic rings. The molecule has 1 heterocycles. The maximum absolute atomic E-state index is 12.3. The van der Waals surface area contributed by atoms with Crippen molar-refractivity contribution in [3.63, 3.8) is 0 Å². The maximum atomic E-state index is 12.3. The van der Waals surface area contributed by atoms with Crippen molar-refractivity contribution in [3.05, 3.63) is 86.0 Å². The van der Waals surface area contributed by atoms with E-state index in [-0.39, 0.29) is 0 Å². The second-order valence-corrected chi connectivity index (χ2v) is 17.8. The molecular formula is C54H90N2NiO2. The zero-order chi connectivity index (χ0) is 43.1. The Morgan fingerprint density at radius 1 is 0.424 bits per heavy atom. The zero-order valence-electron chi connectivity index (χ0n) is 39.9. The third-order valence-corrected chi connectivity index (χ3v) is 12.4. The topological polar surface area (TPSA) is 43.8 Å². The first-order valence-electron chi connectivity index (χ1n) is 25.0. The van der Waals surface area contributed by atoms with E-state index in [0.717, 1.165) is 84.6 Å². The van der Waals surface area contributed by atoms with Gasteiger partial charge in [0.25, 0.3) is 0 Å². The summed E-state index contributed by atoms with van der Waals surface area (Å²) in [5, 5.41) is 0. The number of hydrogen-bond donors (Lipinski definition) is 0. The molecule has 59 heavy (non-hydrogen) atoms. The Bertz CT molecular complexity index is 1440. The van der Waals surface area contributed by atoms with Crippen LogP contribution in [-0.2, 0) is 61.4 Å². The van der Waals surface area contributed by atoms with Crippen molar-refractivity contribution >= 4 is 11.4 Å². The van der Waals surface area contributed by atoms with E-state index >= 15 is 0 Å². The number of hydrogen-bond acceptors (Lipinski definition) is 2. The van der Waals surface area contributed by atoms with Crippen molar-refractivity contribution in [1.82, 2.24) is 0 Å². The molecule has 1 aliphatic heterocycles. The Labute approximate surface area is 372 Å². The summed E-state index contributed by atoms with van der Waals surface area (Å²) in [6, 6.07) is 9.86. The van der Waals surface area contributed by atoms with Gasteiger partial charge < -0.3 is 5.53 Å². The molecule has 0 aliphatic carbocycles. The van der Waals surface area contributed by atoms with Crippen LogP contribution in [0.1, 0.15) is 242 Å². The quantitative estimate of drug-likeness (QED) is 0.0408. The number of nitrogens with zero attached hydrogens (tertiary/aromatic N) is 2. The third-order valence-electron chi connectivity index (χ3n) is 11.8. The number of rotatable bonds is 33. The molecule has 4 nitrogen and oxygen atoms in total. The van der Waals surface area contributed by atoms with Gasteiger partial charge in [0.15, 0.2) is 0 Å². The molecule has 3 rings (SSSR count). The van der Waals surface area contributed by atoms with Gasteiger partial charge in [-0.3, -0.25) is 0 Å². The number of unbranched alkanes of at least 4 members (excludes halogenated alkanes) is 11. The molecule has 0 radical (unpaired) electrons. The minimum absolute atomic E-state index is 0.808. The van der Waals surface area contributed by atoms with Crippen molar-refractivity contribution in [2.24, 2.45) is 0 Å². The molecule has 0 aromatic heterocycles. The Kier molecular flexibility index (Phi) is 30.2. The van der Waals surface area contributed by atoms with Crippen LogP contribution in [0.2, 0.25) is 0 Å². The summed E-state index contributed by atoms with van der Waals surface area (Å²) in [6.07, 6.45) is 34.4. The molecule has 0 unspecified atom stereocenters. The molecular weight excluding hydrogens is 767 g/mol. The van der Waals surface area contributed by atoms with Gasteiger partial charge in [0.05, 0.1) is 0 Å². The van der Waals surface area contributed by atoms with Crippen molar-refractivity contribution < 1.29 is 27.5 Å². The van der Waals surface area contributed by atoms with Gasteiger partial charge in [-0.25, -0.2) is 4.70 Å². The van der Waals surface area contributed by atoms with Crippen molar-refractivity contribution in [1.29, 1.82) is 0 Å². The first-order valence-corrected chi connectivity index (χ1v) is 25.8. The van der Waals surface area contributed by atoms with Crippen LogP contribution in [0.25, 0.3) is 16.9 Å². The van der Waals surface area contributed by atoms with E-state index < -0.39 is 0 Å². The third kappa shape index (κ3) is 19.3. The van der Waals surface area contributed by atoms with E-state index in [1.807, 2.05) is 0 Å². The molecule has 0 spiro atoms. The molecule has 5 heteroatoms. The standard InChI is InChI=1S/C46H72N2.2C4H9O.Ni/c1-8-15-22-23-28-40-35-45(41-31-36(24-16-9-2)43(29-20-13-6)37(32-41)25-17-10-3)48(47)46(40)42-33-38(26-18-11-4)44(30-21-14-7)39(34-42)27-19-12-5;2*1-2-3-4-5;/h31-35H,8-30H2,1-7H3;2*2-4H2,1H3;/q;2*-1;+2.